The summed E-state index contributed by atoms with van der Waals surface area (Å²) in [6.45, 7) is 2.30. The molecular formula is C15H19F3N2O2. The number of hydrogen-bond donors (Lipinski definition) is 2. The van der Waals surface area contributed by atoms with Crippen molar-refractivity contribution in [3.8, 4) is 0 Å². The Morgan fingerprint density at radius 3 is 2.64 bits per heavy atom. The van der Waals surface area contributed by atoms with E-state index >= 15 is 0 Å². The quantitative estimate of drug-likeness (QED) is 0.888. The van der Waals surface area contributed by atoms with E-state index in [0.717, 1.165) is 6.07 Å². The van der Waals surface area contributed by atoms with Crippen molar-refractivity contribution in [2.45, 2.75) is 25.7 Å². The Morgan fingerprint density at radius 1 is 1.36 bits per heavy atom. The van der Waals surface area contributed by atoms with E-state index in [1.54, 1.807) is 6.07 Å². The van der Waals surface area contributed by atoms with Crippen LogP contribution < -0.4 is 5.32 Å². The molecule has 22 heavy (non-hydrogen) atoms. The van der Waals surface area contributed by atoms with Crippen LogP contribution in [0.3, 0.4) is 0 Å². The summed E-state index contributed by atoms with van der Waals surface area (Å²) in [6.07, 6.45) is -4.39. The van der Waals surface area contributed by atoms with Gasteiger partial charge in [0.1, 0.15) is 0 Å². The minimum Gasteiger partial charge on any atom is -0.396 e. The first kappa shape index (κ1) is 16.8. The van der Waals surface area contributed by atoms with Crippen LogP contribution in [0, 0.1) is 5.92 Å². The van der Waals surface area contributed by atoms with Crippen LogP contribution in [-0.2, 0) is 17.5 Å². The van der Waals surface area contributed by atoms with Crippen LogP contribution in [0.15, 0.2) is 24.3 Å². The molecule has 0 radical (unpaired) electrons. The lowest BCUT2D eigenvalue weighted by Crippen LogP contribution is -2.40. The Kier molecular flexibility index (Phi) is 5.08. The number of carbonyl (C=O) groups is 1. The molecule has 0 aromatic heterocycles. The van der Waals surface area contributed by atoms with E-state index in [1.165, 1.54) is 19.1 Å². The molecule has 4 nitrogen and oxygen atoms in total. The number of aliphatic hydroxyl groups is 1. The molecule has 0 aliphatic carbocycles. The van der Waals surface area contributed by atoms with Gasteiger partial charge in [0.05, 0.1) is 5.56 Å². The monoisotopic (exact) mass is 316 g/mol. The lowest BCUT2D eigenvalue weighted by molar-refractivity contribution is -0.138. The van der Waals surface area contributed by atoms with Gasteiger partial charge in [-0.3, -0.25) is 9.69 Å². The molecule has 1 amide bonds. The van der Waals surface area contributed by atoms with Gasteiger partial charge >= 0.3 is 6.18 Å². The Labute approximate surface area is 126 Å². The number of nitrogens with one attached hydrogen (secondary N) is 1. The average molecular weight is 316 g/mol. The minimum absolute atomic E-state index is 0.109. The summed E-state index contributed by atoms with van der Waals surface area (Å²) in [7, 11) is 0. The third kappa shape index (κ3) is 3.98. The molecule has 122 valence electrons. The van der Waals surface area contributed by atoms with Gasteiger partial charge in [0, 0.05) is 45.1 Å². The summed E-state index contributed by atoms with van der Waals surface area (Å²) in [5, 5.41) is 12.1. The fourth-order valence-corrected chi connectivity index (χ4v) is 2.87. The van der Waals surface area contributed by atoms with Crippen molar-refractivity contribution in [2.24, 2.45) is 5.92 Å². The van der Waals surface area contributed by atoms with E-state index in [1.807, 2.05) is 4.90 Å². The largest absolute Gasteiger partial charge is 0.416 e. The maximum absolute atomic E-state index is 13.0. The van der Waals surface area contributed by atoms with E-state index in [0.29, 0.717) is 13.1 Å². The minimum atomic E-state index is -4.39. The van der Waals surface area contributed by atoms with Crippen molar-refractivity contribution in [1.82, 2.24) is 10.2 Å². The van der Waals surface area contributed by atoms with E-state index in [-0.39, 0.29) is 36.6 Å². The van der Waals surface area contributed by atoms with Crippen LogP contribution in [0.5, 0.6) is 0 Å². The molecule has 1 saturated heterocycles. The maximum atomic E-state index is 13.0. The smallest absolute Gasteiger partial charge is 0.396 e. The van der Waals surface area contributed by atoms with Crippen molar-refractivity contribution in [3.05, 3.63) is 35.4 Å². The average Bonchev–Trinajstić information content (AvgIpc) is 2.79. The molecule has 2 rings (SSSR count). The van der Waals surface area contributed by atoms with Crippen molar-refractivity contribution in [1.29, 1.82) is 0 Å². The molecule has 0 bridgehead atoms. The number of alkyl halides is 3. The second-order valence-electron chi connectivity index (χ2n) is 5.60. The first-order valence-electron chi connectivity index (χ1n) is 7.06. The Balaban J connectivity index is 2.11. The second-order valence-corrected chi connectivity index (χ2v) is 5.60. The number of amides is 1. The van der Waals surface area contributed by atoms with Crippen molar-refractivity contribution in [3.63, 3.8) is 0 Å². The predicted molar refractivity (Wildman–Crippen MR) is 74.9 cm³/mol. The molecule has 1 heterocycles. The number of carbonyl (C=O) groups excluding carboxylic acids is 1. The molecule has 2 N–H and O–H groups in total. The van der Waals surface area contributed by atoms with Crippen LogP contribution in [0.25, 0.3) is 0 Å². The van der Waals surface area contributed by atoms with Crippen LogP contribution in [0.2, 0.25) is 0 Å². The predicted octanol–water partition coefficient (Wildman–Crippen LogP) is 1.63. The van der Waals surface area contributed by atoms with Gasteiger partial charge in [0.2, 0.25) is 5.91 Å². The lowest BCUT2D eigenvalue weighted by Gasteiger charge is -2.19. The number of rotatable bonds is 4. The van der Waals surface area contributed by atoms with E-state index in [9.17, 15) is 23.1 Å². The van der Waals surface area contributed by atoms with E-state index in [4.69, 9.17) is 0 Å². The molecule has 1 aliphatic heterocycles. The first-order valence-corrected chi connectivity index (χ1v) is 7.06. The van der Waals surface area contributed by atoms with E-state index < -0.39 is 11.7 Å². The molecule has 7 heteroatoms. The maximum Gasteiger partial charge on any atom is 0.416 e. The number of likely N-dealkylation sites (tertiary alicyclic amines) is 1. The van der Waals surface area contributed by atoms with Crippen molar-refractivity contribution < 1.29 is 23.1 Å². The molecule has 2 atom stereocenters. The molecule has 0 spiro atoms. The van der Waals surface area contributed by atoms with Crippen molar-refractivity contribution in [2.75, 3.05) is 19.7 Å². The fraction of sp³-hybridized carbons (Fsp3) is 0.533. The molecule has 0 saturated carbocycles. The van der Waals surface area contributed by atoms with Crippen LogP contribution in [0.4, 0.5) is 13.2 Å². The number of aliphatic hydroxyl groups excluding tert-OH is 1. The third-order valence-electron chi connectivity index (χ3n) is 3.86. The second kappa shape index (κ2) is 6.66. The zero-order chi connectivity index (χ0) is 16.3. The van der Waals surface area contributed by atoms with Crippen molar-refractivity contribution >= 4 is 5.91 Å². The Bertz CT molecular complexity index is 534. The molecule has 1 aromatic carbocycles. The fourth-order valence-electron chi connectivity index (χ4n) is 2.87. The zero-order valence-corrected chi connectivity index (χ0v) is 12.2. The summed E-state index contributed by atoms with van der Waals surface area (Å²) in [6, 6.07) is 5.24. The number of nitrogens with zero attached hydrogens (tertiary/aromatic N) is 1. The van der Waals surface area contributed by atoms with Gasteiger partial charge in [-0.15, -0.1) is 0 Å². The number of hydrogen-bond acceptors (Lipinski definition) is 3. The lowest BCUT2D eigenvalue weighted by atomic mass is 10.1. The topological polar surface area (TPSA) is 52.6 Å². The van der Waals surface area contributed by atoms with Gasteiger partial charge in [0.15, 0.2) is 0 Å². The normalized spacial score (nSPS) is 22.8. The molecule has 0 unspecified atom stereocenters. The van der Waals surface area contributed by atoms with Crippen LogP contribution in [-0.4, -0.2) is 41.7 Å². The molecule has 1 aromatic rings. The summed E-state index contributed by atoms with van der Waals surface area (Å²) >= 11 is 0. The molecule has 1 aliphatic rings. The number of halogens is 3. The first-order chi connectivity index (χ1) is 10.3. The van der Waals surface area contributed by atoms with Gasteiger partial charge in [-0.2, -0.15) is 13.2 Å². The standard InChI is InChI=1S/C15H19F3N2O2/c1-10(22)19-14-8-20(7-12(14)9-21)6-11-4-2-3-5-13(11)15(16,17)18/h2-5,12,14,21H,6-9H2,1H3,(H,19,22)/t12-,14+/m0/s1. The van der Waals surface area contributed by atoms with E-state index in [2.05, 4.69) is 5.32 Å². The highest BCUT2D eigenvalue weighted by Crippen LogP contribution is 2.33. The van der Waals surface area contributed by atoms with Gasteiger partial charge < -0.3 is 10.4 Å². The summed E-state index contributed by atoms with van der Waals surface area (Å²) in [5.74, 6) is -0.372. The zero-order valence-electron chi connectivity index (χ0n) is 12.2. The highest BCUT2D eigenvalue weighted by Gasteiger charge is 2.36. The molecule has 1 fully saturated rings. The van der Waals surface area contributed by atoms with Crippen LogP contribution in [0.1, 0.15) is 18.1 Å². The molecular weight excluding hydrogens is 297 g/mol. The third-order valence-corrected chi connectivity index (χ3v) is 3.86. The summed E-state index contributed by atoms with van der Waals surface area (Å²) in [4.78, 5) is 13.0. The Hall–Kier alpha value is -1.60. The summed E-state index contributed by atoms with van der Waals surface area (Å²) < 4.78 is 39.0. The summed E-state index contributed by atoms with van der Waals surface area (Å²) in [5.41, 5.74) is -0.436. The highest BCUT2D eigenvalue weighted by atomic mass is 19.4. The Morgan fingerprint density at radius 2 is 2.05 bits per heavy atom. The van der Waals surface area contributed by atoms with Crippen LogP contribution >= 0.6 is 0 Å². The SMILES string of the molecule is CC(=O)N[C@@H]1CN(Cc2ccccc2C(F)(F)F)C[C@H]1CO. The van der Waals surface area contributed by atoms with Gasteiger partial charge in [-0.1, -0.05) is 18.2 Å². The van der Waals surface area contributed by atoms with Gasteiger partial charge in [-0.05, 0) is 11.6 Å². The number of benzene rings is 1. The highest BCUT2D eigenvalue weighted by molar-refractivity contribution is 5.73. The van der Waals surface area contributed by atoms with Gasteiger partial charge in [-0.25, -0.2) is 0 Å². The van der Waals surface area contributed by atoms with Gasteiger partial charge in [0.25, 0.3) is 0 Å².